The number of aromatic nitrogens is 3. The number of nitrogens with zero attached hydrogens (tertiary/aromatic N) is 3. The molecule has 0 saturated carbocycles. The van der Waals surface area contributed by atoms with Gasteiger partial charge in [0.25, 0.3) is 0 Å². The van der Waals surface area contributed by atoms with Gasteiger partial charge in [0.15, 0.2) is 29.7 Å². The van der Waals surface area contributed by atoms with Crippen LogP contribution in [-0.4, -0.2) is 63.3 Å². The number of halogens is 4. The molecule has 1 aliphatic heterocycles. The Morgan fingerprint density at radius 2 is 1.60 bits per heavy atom. The van der Waals surface area contributed by atoms with Gasteiger partial charge in [-0.3, -0.25) is 14.4 Å². The van der Waals surface area contributed by atoms with Crippen molar-refractivity contribution in [3.8, 4) is 11.3 Å². The van der Waals surface area contributed by atoms with Crippen LogP contribution in [0.1, 0.15) is 32.4 Å². The van der Waals surface area contributed by atoms with Crippen LogP contribution in [0.15, 0.2) is 42.6 Å². The fraction of sp³-hybridized carbons (Fsp3) is 0.370. The van der Waals surface area contributed by atoms with Gasteiger partial charge in [-0.25, -0.2) is 17.9 Å². The SMILES string of the molecule is CC(=O)OCC1O[C@H](SCc2ccc(Cl)cc2)C(OC(C)=O)[C@@H](n2cc(-c3cc(F)c(F)c(F)c3)nn2)[C@H]1OC(C)=O. The summed E-state index contributed by atoms with van der Waals surface area (Å²) >= 11 is 7.24. The molecule has 0 radical (unpaired) electrons. The molecule has 1 aliphatic rings. The molecule has 3 aromatic rings. The zero-order valence-corrected chi connectivity index (χ0v) is 24.0. The van der Waals surface area contributed by atoms with E-state index >= 15 is 0 Å². The van der Waals surface area contributed by atoms with Crippen molar-refractivity contribution in [2.75, 3.05) is 6.61 Å². The number of rotatable bonds is 9. The number of carbonyl (C=O) groups is 3. The molecule has 2 unspecified atom stereocenters. The minimum Gasteiger partial charge on any atom is -0.463 e. The first-order chi connectivity index (χ1) is 19.9. The first-order valence-electron chi connectivity index (χ1n) is 12.5. The first kappa shape index (κ1) is 31.3. The second kappa shape index (κ2) is 13.6. The molecule has 0 amide bonds. The third kappa shape index (κ3) is 7.61. The quantitative estimate of drug-likeness (QED) is 0.189. The van der Waals surface area contributed by atoms with Crippen LogP contribution >= 0.6 is 23.4 Å². The van der Waals surface area contributed by atoms with Crippen molar-refractivity contribution in [3.05, 3.63) is 70.6 Å². The van der Waals surface area contributed by atoms with Gasteiger partial charge in [0, 0.05) is 37.1 Å². The average molecular weight is 628 g/mol. The van der Waals surface area contributed by atoms with Gasteiger partial charge >= 0.3 is 17.9 Å². The summed E-state index contributed by atoms with van der Waals surface area (Å²) in [6.45, 7) is 3.20. The highest BCUT2D eigenvalue weighted by molar-refractivity contribution is 7.99. The maximum Gasteiger partial charge on any atom is 0.303 e. The molecule has 0 N–H and O–H groups in total. The standard InChI is InChI=1S/C27H25ClF3N3O7S/c1-13(35)38-11-22-25(39-14(2)36)24(34-10-21(32-33-34)17-8-19(29)23(31)20(30)9-17)26(40-15(3)37)27(41-22)42-12-16-4-6-18(28)7-5-16/h4-10,22,24-27H,11-12H2,1-3H3/t22?,24-,25-,26?,27+/m0/s1. The Bertz CT molecular complexity index is 1440. The Morgan fingerprint density at radius 1 is 0.976 bits per heavy atom. The predicted molar refractivity (Wildman–Crippen MR) is 144 cm³/mol. The summed E-state index contributed by atoms with van der Waals surface area (Å²) in [5.41, 5.74) is -0.212. The summed E-state index contributed by atoms with van der Waals surface area (Å²) in [7, 11) is 0. The molecule has 2 heterocycles. The van der Waals surface area contributed by atoms with Gasteiger partial charge in [-0.1, -0.05) is 28.9 Å². The Balaban J connectivity index is 1.76. The Morgan fingerprint density at radius 3 is 2.19 bits per heavy atom. The minimum atomic E-state index is -1.64. The molecule has 42 heavy (non-hydrogen) atoms. The number of ether oxygens (including phenoxy) is 4. The lowest BCUT2D eigenvalue weighted by molar-refractivity contribution is -0.212. The van der Waals surface area contributed by atoms with Crippen molar-refractivity contribution in [2.45, 2.75) is 56.3 Å². The highest BCUT2D eigenvalue weighted by Gasteiger charge is 2.52. The van der Waals surface area contributed by atoms with E-state index in [0.29, 0.717) is 10.8 Å². The van der Waals surface area contributed by atoms with Gasteiger partial charge in [-0.05, 0) is 29.8 Å². The summed E-state index contributed by atoms with van der Waals surface area (Å²) in [5, 5.41) is 8.57. The van der Waals surface area contributed by atoms with Crippen LogP contribution < -0.4 is 0 Å². The number of carbonyl (C=O) groups excluding carboxylic acids is 3. The third-order valence-electron chi connectivity index (χ3n) is 6.09. The predicted octanol–water partition coefficient (Wildman–Crippen LogP) is 4.64. The summed E-state index contributed by atoms with van der Waals surface area (Å²) in [4.78, 5) is 36.1. The number of benzene rings is 2. The molecule has 2 aromatic carbocycles. The van der Waals surface area contributed by atoms with Crippen LogP contribution in [0.2, 0.25) is 5.02 Å². The van der Waals surface area contributed by atoms with E-state index in [1.807, 2.05) is 0 Å². The second-order valence-corrected chi connectivity index (χ2v) is 10.8. The molecule has 5 atom stereocenters. The van der Waals surface area contributed by atoms with Crippen LogP contribution in [0.3, 0.4) is 0 Å². The fourth-order valence-electron chi connectivity index (χ4n) is 4.34. The van der Waals surface area contributed by atoms with E-state index in [1.165, 1.54) is 36.5 Å². The van der Waals surface area contributed by atoms with Gasteiger partial charge in [0.05, 0.1) is 6.20 Å². The highest BCUT2D eigenvalue weighted by atomic mass is 35.5. The van der Waals surface area contributed by atoms with E-state index < -0.39 is 65.1 Å². The molecule has 0 aliphatic carbocycles. The maximum atomic E-state index is 13.9. The van der Waals surface area contributed by atoms with Gasteiger partial charge < -0.3 is 18.9 Å². The molecule has 224 valence electrons. The zero-order chi connectivity index (χ0) is 30.6. The van der Waals surface area contributed by atoms with Gasteiger partial charge in [-0.2, -0.15) is 0 Å². The highest BCUT2D eigenvalue weighted by Crippen LogP contribution is 2.40. The van der Waals surface area contributed by atoms with Gasteiger partial charge in [-0.15, -0.1) is 16.9 Å². The molecular formula is C27H25ClF3N3O7S. The second-order valence-electron chi connectivity index (χ2n) is 9.26. The molecule has 15 heteroatoms. The third-order valence-corrected chi connectivity index (χ3v) is 7.55. The van der Waals surface area contributed by atoms with Crippen LogP contribution in [-0.2, 0) is 39.1 Å². The summed E-state index contributed by atoms with van der Waals surface area (Å²) in [5.74, 6) is -6.15. The van der Waals surface area contributed by atoms with Crippen LogP contribution in [0.25, 0.3) is 11.3 Å². The van der Waals surface area contributed by atoms with Gasteiger partial charge in [0.1, 0.15) is 29.9 Å². The van der Waals surface area contributed by atoms with Crippen molar-refractivity contribution >= 4 is 41.3 Å². The monoisotopic (exact) mass is 627 g/mol. The van der Waals surface area contributed by atoms with E-state index in [-0.39, 0.29) is 17.9 Å². The molecule has 0 bridgehead atoms. The van der Waals surface area contributed by atoms with Crippen LogP contribution in [0.4, 0.5) is 13.2 Å². The van der Waals surface area contributed by atoms with Crippen molar-refractivity contribution in [2.24, 2.45) is 0 Å². The van der Waals surface area contributed by atoms with E-state index in [1.54, 1.807) is 24.3 Å². The maximum absolute atomic E-state index is 13.9. The van der Waals surface area contributed by atoms with Crippen LogP contribution in [0.5, 0.6) is 0 Å². The largest absolute Gasteiger partial charge is 0.463 e. The topological polar surface area (TPSA) is 119 Å². The van der Waals surface area contributed by atoms with E-state index in [4.69, 9.17) is 30.5 Å². The first-order valence-corrected chi connectivity index (χ1v) is 13.9. The summed E-state index contributed by atoms with van der Waals surface area (Å²) in [6, 6.07) is 7.42. The number of thioether (sulfide) groups is 1. The molecule has 10 nitrogen and oxygen atoms in total. The molecule has 1 fully saturated rings. The van der Waals surface area contributed by atoms with Crippen molar-refractivity contribution in [3.63, 3.8) is 0 Å². The van der Waals surface area contributed by atoms with Crippen LogP contribution in [0, 0.1) is 17.5 Å². The lowest BCUT2D eigenvalue weighted by Gasteiger charge is -2.44. The Kier molecular flexibility index (Phi) is 10.1. The molecular weight excluding hydrogens is 603 g/mol. The molecule has 1 saturated heterocycles. The lowest BCUT2D eigenvalue weighted by atomic mass is 9.96. The Hall–Kier alpha value is -3.62. The van der Waals surface area contributed by atoms with Crippen molar-refractivity contribution < 1.29 is 46.5 Å². The van der Waals surface area contributed by atoms with Gasteiger partial charge in [0.2, 0.25) is 0 Å². The summed E-state index contributed by atoms with van der Waals surface area (Å²) < 4.78 is 65.3. The van der Waals surface area contributed by atoms with E-state index in [9.17, 15) is 27.6 Å². The smallest absolute Gasteiger partial charge is 0.303 e. The van der Waals surface area contributed by atoms with E-state index in [0.717, 1.165) is 24.6 Å². The fourth-order valence-corrected chi connectivity index (χ4v) is 5.64. The number of esters is 3. The zero-order valence-electron chi connectivity index (χ0n) is 22.5. The lowest BCUT2D eigenvalue weighted by Crippen LogP contribution is -2.57. The van der Waals surface area contributed by atoms with Crippen molar-refractivity contribution in [1.82, 2.24) is 15.0 Å². The van der Waals surface area contributed by atoms with E-state index in [2.05, 4.69) is 10.3 Å². The normalized spacial score (nSPS) is 21.9. The average Bonchev–Trinajstić information content (AvgIpc) is 3.40. The Labute approximate surface area is 247 Å². The minimum absolute atomic E-state index is 0.0515. The van der Waals surface area contributed by atoms with Crippen molar-refractivity contribution in [1.29, 1.82) is 0 Å². The molecule has 0 spiro atoms. The molecule has 1 aromatic heterocycles. The molecule has 4 rings (SSSR count). The summed E-state index contributed by atoms with van der Waals surface area (Å²) in [6.07, 6.45) is -2.15. The number of hydrogen-bond acceptors (Lipinski definition) is 10. The number of hydrogen-bond donors (Lipinski definition) is 0.